The Kier molecular flexibility index (Phi) is 6.50. The van der Waals surface area contributed by atoms with Crippen LogP contribution >= 0.6 is 0 Å². The number of nitrogens with one attached hydrogen (secondary N) is 1. The first-order chi connectivity index (χ1) is 14.3. The highest BCUT2D eigenvalue weighted by molar-refractivity contribution is 5.89. The summed E-state index contributed by atoms with van der Waals surface area (Å²) in [6, 6.07) is 1.72. The van der Waals surface area contributed by atoms with Gasteiger partial charge in [0, 0.05) is 60.0 Å². The molecule has 1 N–H and O–H groups in total. The van der Waals surface area contributed by atoms with Gasteiger partial charge in [-0.1, -0.05) is 0 Å². The van der Waals surface area contributed by atoms with Crippen LogP contribution in [0, 0.1) is 0 Å². The summed E-state index contributed by atoms with van der Waals surface area (Å²) in [6.07, 6.45) is 1.55. The van der Waals surface area contributed by atoms with Crippen molar-refractivity contribution in [1.29, 1.82) is 0 Å². The number of methoxy groups -OCH3 is 1. The molecule has 2 aromatic heterocycles. The fraction of sp³-hybridized carbons (Fsp3) is 0.526. The van der Waals surface area contributed by atoms with Crippen molar-refractivity contribution in [3.63, 3.8) is 0 Å². The Morgan fingerprint density at radius 2 is 1.90 bits per heavy atom. The molecule has 0 atom stereocenters. The molecule has 2 aromatic rings. The summed E-state index contributed by atoms with van der Waals surface area (Å²) in [5, 5.41) is 2.89. The summed E-state index contributed by atoms with van der Waals surface area (Å²) in [5.41, 5.74) is -0.280. The number of pyridine rings is 1. The van der Waals surface area contributed by atoms with E-state index in [1.807, 2.05) is 4.90 Å². The number of piperazine rings is 1. The molecule has 3 heterocycles. The first kappa shape index (κ1) is 21.5. The van der Waals surface area contributed by atoms with Gasteiger partial charge in [-0.25, -0.2) is 9.78 Å². The van der Waals surface area contributed by atoms with Crippen molar-refractivity contribution >= 4 is 28.5 Å². The molecule has 0 unspecified atom stereocenters. The molecule has 0 aromatic carbocycles. The van der Waals surface area contributed by atoms with E-state index in [0.717, 1.165) is 4.57 Å². The van der Waals surface area contributed by atoms with Crippen molar-refractivity contribution in [2.75, 3.05) is 51.3 Å². The Bertz CT molecular complexity index is 1070. The highest BCUT2D eigenvalue weighted by atomic mass is 16.5. The summed E-state index contributed by atoms with van der Waals surface area (Å²) in [4.78, 5) is 57.7. The molecule has 11 nitrogen and oxygen atoms in total. The van der Waals surface area contributed by atoms with Gasteiger partial charge in [-0.2, -0.15) is 0 Å². The molecule has 0 radical (unpaired) electrons. The minimum absolute atomic E-state index is 0.0125. The van der Waals surface area contributed by atoms with Crippen molar-refractivity contribution in [3.05, 3.63) is 33.1 Å². The van der Waals surface area contributed by atoms with Crippen LogP contribution in [0.4, 0.5) is 5.69 Å². The zero-order valence-electron chi connectivity index (χ0n) is 17.4. The molecule has 1 aliphatic rings. The molecule has 11 heteroatoms. The minimum Gasteiger partial charge on any atom is -0.383 e. The number of hydrogen-bond acceptors (Lipinski definition) is 7. The van der Waals surface area contributed by atoms with E-state index in [9.17, 15) is 19.2 Å². The van der Waals surface area contributed by atoms with Crippen LogP contribution in [0.1, 0.15) is 6.92 Å². The summed E-state index contributed by atoms with van der Waals surface area (Å²) in [5.74, 6) is -0.440. The second kappa shape index (κ2) is 9.08. The molecule has 3 rings (SSSR count). The third-order valence-electron chi connectivity index (χ3n) is 5.20. The fourth-order valence-electron chi connectivity index (χ4n) is 3.55. The van der Waals surface area contributed by atoms with Crippen molar-refractivity contribution in [1.82, 2.24) is 24.3 Å². The van der Waals surface area contributed by atoms with E-state index in [-0.39, 0.29) is 23.5 Å². The van der Waals surface area contributed by atoms with E-state index in [1.54, 1.807) is 17.2 Å². The van der Waals surface area contributed by atoms with Gasteiger partial charge >= 0.3 is 5.69 Å². The normalized spacial score (nSPS) is 14.2. The Balaban J connectivity index is 2.00. The molecule has 1 saturated heterocycles. The van der Waals surface area contributed by atoms with Crippen molar-refractivity contribution < 1.29 is 14.3 Å². The molecule has 2 amide bonds. The molecule has 0 bridgehead atoms. The summed E-state index contributed by atoms with van der Waals surface area (Å²) in [6.45, 7) is 3.95. The van der Waals surface area contributed by atoms with Crippen LogP contribution in [0.3, 0.4) is 0 Å². The molecule has 0 spiro atoms. The van der Waals surface area contributed by atoms with Gasteiger partial charge in [0.05, 0.1) is 12.3 Å². The largest absolute Gasteiger partial charge is 0.383 e. The van der Waals surface area contributed by atoms with Gasteiger partial charge < -0.3 is 19.9 Å². The van der Waals surface area contributed by atoms with Crippen LogP contribution in [0.15, 0.2) is 21.9 Å². The number of anilines is 1. The number of nitrogens with zero attached hydrogens (tertiary/aromatic N) is 5. The predicted octanol–water partition coefficient (Wildman–Crippen LogP) is -1.47. The van der Waals surface area contributed by atoms with Gasteiger partial charge in [-0.3, -0.25) is 23.5 Å². The number of carbonyl (C=O) groups is 2. The number of amides is 2. The van der Waals surface area contributed by atoms with Gasteiger partial charge in [0.25, 0.3) is 5.56 Å². The fourth-order valence-corrected chi connectivity index (χ4v) is 3.55. The maximum atomic E-state index is 13.2. The van der Waals surface area contributed by atoms with E-state index in [1.165, 1.54) is 25.6 Å². The Labute approximate surface area is 172 Å². The lowest BCUT2D eigenvalue weighted by molar-refractivity contribution is -0.129. The SMILES string of the molecule is COCCNC(=O)Cn1c(=O)c2c(N3CCN(C(C)=O)CC3)ccnc2n(C)c1=O. The smallest absolute Gasteiger partial charge is 0.332 e. The number of aromatic nitrogens is 3. The summed E-state index contributed by atoms with van der Waals surface area (Å²) >= 11 is 0. The monoisotopic (exact) mass is 418 g/mol. The number of aryl methyl sites for hydroxylation is 1. The number of carbonyl (C=O) groups excluding carboxylic acids is 2. The first-order valence-corrected chi connectivity index (χ1v) is 9.69. The topological polar surface area (TPSA) is 119 Å². The van der Waals surface area contributed by atoms with Crippen LogP contribution in [0.25, 0.3) is 11.0 Å². The summed E-state index contributed by atoms with van der Waals surface area (Å²) in [7, 11) is 3.04. The lowest BCUT2D eigenvalue weighted by atomic mass is 10.2. The lowest BCUT2D eigenvalue weighted by Gasteiger charge is -2.36. The van der Waals surface area contributed by atoms with Crippen LogP contribution in [-0.2, 0) is 27.9 Å². The number of hydrogen-bond donors (Lipinski definition) is 1. The maximum absolute atomic E-state index is 13.2. The van der Waals surface area contributed by atoms with Gasteiger partial charge in [0.15, 0.2) is 5.65 Å². The Morgan fingerprint density at radius 3 is 2.53 bits per heavy atom. The van der Waals surface area contributed by atoms with Crippen LogP contribution < -0.4 is 21.5 Å². The molecule has 0 aliphatic carbocycles. The van der Waals surface area contributed by atoms with Crippen molar-refractivity contribution in [3.8, 4) is 0 Å². The molecule has 162 valence electrons. The van der Waals surface area contributed by atoms with Gasteiger partial charge in [0.1, 0.15) is 11.9 Å². The molecular formula is C19H26N6O5. The quantitative estimate of drug-likeness (QED) is 0.569. The van der Waals surface area contributed by atoms with Gasteiger partial charge in [0.2, 0.25) is 11.8 Å². The van der Waals surface area contributed by atoms with Crippen molar-refractivity contribution in [2.24, 2.45) is 7.05 Å². The van der Waals surface area contributed by atoms with Crippen molar-refractivity contribution in [2.45, 2.75) is 13.5 Å². The van der Waals surface area contributed by atoms with Crippen LogP contribution in [0.5, 0.6) is 0 Å². The highest BCUT2D eigenvalue weighted by Crippen LogP contribution is 2.22. The maximum Gasteiger partial charge on any atom is 0.332 e. The zero-order valence-corrected chi connectivity index (χ0v) is 17.4. The zero-order chi connectivity index (χ0) is 21.8. The van der Waals surface area contributed by atoms with Crippen LogP contribution in [0.2, 0.25) is 0 Å². The molecule has 0 saturated carbocycles. The average molecular weight is 418 g/mol. The molecule has 30 heavy (non-hydrogen) atoms. The van der Waals surface area contributed by atoms with Gasteiger partial charge in [-0.05, 0) is 6.07 Å². The molecular weight excluding hydrogens is 392 g/mol. The van der Waals surface area contributed by atoms with E-state index >= 15 is 0 Å². The Hall–Kier alpha value is -3.21. The third-order valence-corrected chi connectivity index (χ3v) is 5.20. The number of ether oxygens (including phenoxy) is 1. The van der Waals surface area contributed by atoms with Crippen LogP contribution in [-0.4, -0.2) is 77.3 Å². The van der Waals surface area contributed by atoms with E-state index in [0.29, 0.717) is 38.5 Å². The predicted molar refractivity (Wildman–Crippen MR) is 111 cm³/mol. The molecule has 1 fully saturated rings. The lowest BCUT2D eigenvalue weighted by Crippen LogP contribution is -2.49. The average Bonchev–Trinajstić information content (AvgIpc) is 2.75. The Morgan fingerprint density at radius 1 is 1.20 bits per heavy atom. The van der Waals surface area contributed by atoms with E-state index in [4.69, 9.17) is 4.74 Å². The second-order valence-corrected chi connectivity index (χ2v) is 7.10. The second-order valence-electron chi connectivity index (χ2n) is 7.10. The number of fused-ring (bicyclic) bond motifs is 1. The standard InChI is InChI=1S/C19H26N6O5/c1-13(26)23-7-9-24(10-8-23)14-4-5-21-17-16(14)18(28)25(19(29)22(17)2)12-15(27)20-6-11-30-3/h4-5H,6-12H2,1-3H3,(H,20,27). The summed E-state index contributed by atoms with van der Waals surface area (Å²) < 4.78 is 7.07. The van der Waals surface area contributed by atoms with Gasteiger partial charge in [-0.15, -0.1) is 0 Å². The van der Waals surface area contributed by atoms with E-state index < -0.39 is 23.7 Å². The highest BCUT2D eigenvalue weighted by Gasteiger charge is 2.23. The first-order valence-electron chi connectivity index (χ1n) is 9.69. The minimum atomic E-state index is -0.611. The van der Waals surface area contributed by atoms with E-state index in [2.05, 4.69) is 10.3 Å². The number of rotatable bonds is 6. The molecule has 1 aliphatic heterocycles. The third kappa shape index (κ3) is 4.20.